The Bertz CT molecular complexity index is 1960. The number of ether oxygens (including phenoxy) is 1. The Morgan fingerprint density at radius 2 is 1.95 bits per heavy atom. The number of halogens is 1. The molecule has 11 heteroatoms. The summed E-state index contributed by atoms with van der Waals surface area (Å²) in [6.45, 7) is 6.36. The predicted octanol–water partition coefficient (Wildman–Crippen LogP) is 5.75. The minimum Gasteiger partial charge on any atom is -0.490 e. The van der Waals surface area contributed by atoms with Crippen molar-refractivity contribution in [2.75, 3.05) is 0 Å². The Labute approximate surface area is 223 Å². The Balaban J connectivity index is 1.86. The standard InChI is InChI=1S/C28H25FN4O5S/c1-4-5-8-33-24-11-21(18-10-19(15-31-14-18)38-39(29,35)36)25(37-16(2)3)12-22(24)27(34)26-20-7-6-17(13-30)9-23(20)32-28(26)33/h6-7,9-12,14-16,32H,4-5,8H2,1-3H3. The Morgan fingerprint density at radius 3 is 2.64 bits per heavy atom. The molecule has 0 aliphatic carbocycles. The van der Waals surface area contributed by atoms with Crippen molar-refractivity contribution in [2.45, 2.75) is 46.3 Å². The lowest BCUT2D eigenvalue weighted by Crippen LogP contribution is -2.13. The number of fused-ring (bicyclic) bond motifs is 4. The van der Waals surface area contributed by atoms with Crippen LogP contribution >= 0.6 is 0 Å². The highest BCUT2D eigenvalue weighted by molar-refractivity contribution is 7.81. The molecule has 0 fully saturated rings. The molecule has 0 saturated carbocycles. The van der Waals surface area contributed by atoms with Crippen LogP contribution in [0.1, 0.15) is 39.2 Å². The molecule has 9 nitrogen and oxygen atoms in total. The van der Waals surface area contributed by atoms with Crippen LogP contribution in [0, 0.1) is 11.3 Å². The van der Waals surface area contributed by atoms with Gasteiger partial charge in [0, 0.05) is 34.8 Å². The van der Waals surface area contributed by atoms with Gasteiger partial charge in [-0.05, 0) is 50.6 Å². The summed E-state index contributed by atoms with van der Waals surface area (Å²) in [5.74, 6) is 0.0815. The van der Waals surface area contributed by atoms with Gasteiger partial charge in [0.2, 0.25) is 0 Å². The van der Waals surface area contributed by atoms with E-state index >= 15 is 0 Å². The summed E-state index contributed by atoms with van der Waals surface area (Å²) in [7, 11) is -5.25. The second-order valence-electron chi connectivity index (χ2n) is 9.47. The minimum absolute atomic E-state index is 0.192. The van der Waals surface area contributed by atoms with Crippen LogP contribution in [0.5, 0.6) is 11.5 Å². The fourth-order valence-corrected chi connectivity index (χ4v) is 5.09. The second-order valence-corrected chi connectivity index (χ2v) is 10.4. The number of aromatic nitrogens is 3. The van der Waals surface area contributed by atoms with E-state index in [1.807, 2.05) is 18.4 Å². The van der Waals surface area contributed by atoms with E-state index in [4.69, 9.17) is 4.74 Å². The Hall–Kier alpha value is -4.43. The first-order chi connectivity index (χ1) is 18.6. The SMILES string of the molecule is CCCCn1c2cc(-c3cncc(OS(=O)(=O)F)c3)c(OC(C)C)cc2c(=O)c2c3ccc(C#N)cc3[nH]c21. The van der Waals surface area contributed by atoms with E-state index in [0.29, 0.717) is 56.4 Å². The van der Waals surface area contributed by atoms with Gasteiger partial charge >= 0.3 is 10.5 Å². The number of nitrogens with one attached hydrogen (secondary N) is 1. The van der Waals surface area contributed by atoms with Crippen LogP contribution in [0.2, 0.25) is 0 Å². The van der Waals surface area contributed by atoms with Gasteiger partial charge in [0.05, 0.1) is 40.2 Å². The number of hydrogen-bond donors (Lipinski definition) is 1. The summed E-state index contributed by atoms with van der Waals surface area (Å²) in [4.78, 5) is 21.3. The van der Waals surface area contributed by atoms with E-state index in [1.165, 1.54) is 12.3 Å². The molecule has 0 saturated heterocycles. The molecule has 3 heterocycles. The topological polar surface area (TPSA) is 127 Å². The Morgan fingerprint density at radius 1 is 1.15 bits per heavy atom. The summed E-state index contributed by atoms with van der Waals surface area (Å²) < 4.78 is 47.8. The summed E-state index contributed by atoms with van der Waals surface area (Å²) >= 11 is 0. The molecule has 2 aromatic carbocycles. The minimum atomic E-state index is -5.25. The van der Waals surface area contributed by atoms with Gasteiger partial charge in [-0.2, -0.15) is 13.7 Å². The highest BCUT2D eigenvalue weighted by atomic mass is 32.3. The van der Waals surface area contributed by atoms with Crippen LogP contribution in [0.15, 0.2) is 53.6 Å². The van der Waals surface area contributed by atoms with Crippen molar-refractivity contribution in [2.24, 2.45) is 0 Å². The van der Waals surface area contributed by atoms with E-state index in [-0.39, 0.29) is 17.3 Å². The second kappa shape index (κ2) is 10.0. The molecule has 0 atom stereocenters. The zero-order valence-corrected chi connectivity index (χ0v) is 22.3. The van der Waals surface area contributed by atoms with Crippen LogP contribution in [-0.2, 0) is 17.0 Å². The highest BCUT2D eigenvalue weighted by Crippen LogP contribution is 2.37. The molecule has 0 radical (unpaired) electrons. The van der Waals surface area contributed by atoms with E-state index in [1.54, 1.807) is 30.3 Å². The zero-order chi connectivity index (χ0) is 27.9. The van der Waals surface area contributed by atoms with Crippen molar-refractivity contribution >= 4 is 43.3 Å². The zero-order valence-electron chi connectivity index (χ0n) is 21.5. The summed E-state index contributed by atoms with van der Waals surface area (Å²) in [5, 5.41) is 11.0. The smallest absolute Gasteiger partial charge is 0.488 e. The summed E-state index contributed by atoms with van der Waals surface area (Å²) in [6.07, 6.45) is 4.07. The summed E-state index contributed by atoms with van der Waals surface area (Å²) in [5.41, 5.74) is 3.17. The third-order valence-corrected chi connectivity index (χ3v) is 6.75. The van der Waals surface area contributed by atoms with Crippen LogP contribution in [0.3, 0.4) is 0 Å². The number of rotatable bonds is 8. The molecular formula is C28H25FN4O5S. The van der Waals surface area contributed by atoms with Gasteiger partial charge < -0.3 is 18.5 Å². The van der Waals surface area contributed by atoms with Gasteiger partial charge in [-0.1, -0.05) is 23.3 Å². The monoisotopic (exact) mass is 548 g/mol. The van der Waals surface area contributed by atoms with Crippen molar-refractivity contribution in [3.8, 4) is 28.7 Å². The molecule has 200 valence electrons. The van der Waals surface area contributed by atoms with Crippen molar-refractivity contribution in [1.82, 2.24) is 14.5 Å². The maximum atomic E-state index is 13.9. The number of hydrogen-bond acceptors (Lipinski definition) is 7. The lowest BCUT2D eigenvalue weighted by atomic mass is 10.0. The van der Waals surface area contributed by atoms with Crippen molar-refractivity contribution < 1.29 is 21.2 Å². The molecule has 0 bridgehead atoms. The predicted molar refractivity (Wildman–Crippen MR) is 147 cm³/mol. The number of H-pyrrole nitrogens is 1. The van der Waals surface area contributed by atoms with E-state index in [0.717, 1.165) is 24.4 Å². The lowest BCUT2D eigenvalue weighted by molar-refractivity contribution is 0.244. The van der Waals surface area contributed by atoms with Gasteiger partial charge in [-0.25, -0.2) is 0 Å². The van der Waals surface area contributed by atoms with Crippen LogP contribution in [0.4, 0.5) is 3.89 Å². The first-order valence-corrected chi connectivity index (χ1v) is 13.7. The van der Waals surface area contributed by atoms with E-state index in [9.17, 15) is 22.4 Å². The van der Waals surface area contributed by atoms with Crippen LogP contribution in [-0.4, -0.2) is 29.1 Å². The van der Waals surface area contributed by atoms with Crippen LogP contribution in [0.25, 0.3) is 44.0 Å². The number of benzene rings is 2. The average molecular weight is 549 g/mol. The largest absolute Gasteiger partial charge is 0.490 e. The van der Waals surface area contributed by atoms with Gasteiger partial charge in [-0.3, -0.25) is 9.78 Å². The first kappa shape index (κ1) is 26.2. The molecule has 0 spiro atoms. The fourth-order valence-electron chi connectivity index (χ4n) is 4.77. The molecule has 0 amide bonds. The maximum absolute atomic E-state index is 13.9. The Kier molecular flexibility index (Phi) is 6.74. The van der Waals surface area contributed by atoms with Crippen LogP contribution < -0.4 is 14.3 Å². The number of pyridine rings is 2. The first-order valence-electron chi connectivity index (χ1n) is 12.4. The fraction of sp³-hybridized carbons (Fsp3) is 0.250. The van der Waals surface area contributed by atoms with Gasteiger partial charge in [0.25, 0.3) is 0 Å². The molecule has 0 aliphatic rings. The normalized spacial score (nSPS) is 11.9. The lowest BCUT2D eigenvalue weighted by Gasteiger charge is -2.19. The van der Waals surface area contributed by atoms with Crippen molar-refractivity contribution in [3.05, 3.63) is 64.6 Å². The van der Waals surface area contributed by atoms with Crippen molar-refractivity contribution in [3.63, 3.8) is 0 Å². The number of nitriles is 1. The molecular weight excluding hydrogens is 523 g/mol. The highest BCUT2D eigenvalue weighted by Gasteiger charge is 2.21. The average Bonchev–Trinajstić information content (AvgIpc) is 3.26. The third kappa shape index (κ3) is 5.03. The molecule has 0 unspecified atom stereocenters. The van der Waals surface area contributed by atoms with Gasteiger partial charge in [-0.15, -0.1) is 0 Å². The molecule has 1 N–H and O–H groups in total. The molecule has 5 rings (SSSR count). The third-order valence-electron chi connectivity index (χ3n) is 6.36. The maximum Gasteiger partial charge on any atom is 0.488 e. The molecule has 39 heavy (non-hydrogen) atoms. The van der Waals surface area contributed by atoms with E-state index < -0.39 is 10.5 Å². The number of aromatic amines is 1. The number of aryl methyl sites for hydroxylation is 1. The number of unbranched alkanes of at least 4 members (excludes halogenated alkanes) is 1. The van der Waals surface area contributed by atoms with E-state index in [2.05, 4.69) is 27.1 Å². The molecule has 3 aromatic heterocycles. The van der Waals surface area contributed by atoms with Gasteiger partial charge in [0.1, 0.15) is 11.4 Å². The number of nitrogens with zero attached hydrogens (tertiary/aromatic N) is 3. The van der Waals surface area contributed by atoms with Crippen molar-refractivity contribution in [1.29, 1.82) is 5.26 Å². The summed E-state index contributed by atoms with van der Waals surface area (Å²) in [6, 6.07) is 12.1. The quantitative estimate of drug-likeness (QED) is 0.245. The molecule has 5 aromatic rings. The molecule has 0 aliphatic heterocycles. The van der Waals surface area contributed by atoms with Gasteiger partial charge in [0.15, 0.2) is 11.2 Å².